The van der Waals surface area contributed by atoms with Gasteiger partial charge in [-0.15, -0.1) is 0 Å². The van der Waals surface area contributed by atoms with Gasteiger partial charge >= 0.3 is 12.3 Å². The van der Waals surface area contributed by atoms with Crippen LogP contribution in [0.1, 0.15) is 18.1 Å². The normalized spacial score (nSPS) is 16.0. The number of nitrogens with zero attached hydrogens (tertiary/aromatic N) is 1. The van der Waals surface area contributed by atoms with E-state index in [0.29, 0.717) is 6.54 Å². The molecule has 1 unspecified atom stereocenters. The standard InChI is InChI=1S/C14H17F3N4O3/c1-8(22)18-4-5-19-11-3-2-9(6-10(11)14(15,16)17)12-7-24-13(23)21-20-12/h2-3,6,8,18-19,22H,4-5,7H2,1H3,(H,21,23). The lowest BCUT2D eigenvalue weighted by Gasteiger charge is -2.18. The van der Waals surface area contributed by atoms with Crippen molar-refractivity contribution in [1.29, 1.82) is 0 Å². The van der Waals surface area contributed by atoms with Gasteiger partial charge in [-0.2, -0.15) is 18.3 Å². The summed E-state index contributed by atoms with van der Waals surface area (Å²) in [5.74, 6) is 0. The summed E-state index contributed by atoms with van der Waals surface area (Å²) in [5.41, 5.74) is 1.52. The van der Waals surface area contributed by atoms with Gasteiger partial charge in [0.05, 0.1) is 5.56 Å². The molecule has 0 aromatic heterocycles. The number of carbonyl (C=O) groups excluding carboxylic acids is 1. The molecule has 0 spiro atoms. The highest BCUT2D eigenvalue weighted by Gasteiger charge is 2.34. The van der Waals surface area contributed by atoms with Crippen LogP contribution in [0.15, 0.2) is 23.3 Å². The number of carbonyl (C=O) groups is 1. The lowest BCUT2D eigenvalue weighted by atomic mass is 10.0. The second kappa shape index (κ2) is 7.49. The number of cyclic esters (lactones) is 1. The summed E-state index contributed by atoms with van der Waals surface area (Å²) >= 11 is 0. The number of hydrazone groups is 1. The van der Waals surface area contributed by atoms with Crippen LogP contribution >= 0.6 is 0 Å². The number of halogens is 3. The molecule has 0 aliphatic carbocycles. The Morgan fingerprint density at radius 1 is 1.42 bits per heavy atom. The van der Waals surface area contributed by atoms with Crippen molar-refractivity contribution in [3.63, 3.8) is 0 Å². The van der Waals surface area contributed by atoms with Crippen molar-refractivity contribution >= 4 is 17.5 Å². The van der Waals surface area contributed by atoms with Crippen molar-refractivity contribution in [1.82, 2.24) is 10.7 Å². The van der Waals surface area contributed by atoms with Crippen LogP contribution in [0.5, 0.6) is 0 Å². The lowest BCUT2D eigenvalue weighted by molar-refractivity contribution is -0.137. The predicted molar refractivity (Wildman–Crippen MR) is 80.6 cm³/mol. The van der Waals surface area contributed by atoms with Crippen LogP contribution in [0.3, 0.4) is 0 Å². The largest absolute Gasteiger partial charge is 0.442 e. The topological polar surface area (TPSA) is 95.0 Å². The monoisotopic (exact) mass is 346 g/mol. The van der Waals surface area contributed by atoms with Gasteiger partial charge in [-0.25, -0.2) is 10.2 Å². The van der Waals surface area contributed by atoms with Crippen LogP contribution in [-0.4, -0.2) is 42.8 Å². The van der Waals surface area contributed by atoms with Gasteiger partial charge in [-0.05, 0) is 19.1 Å². The molecule has 1 aromatic rings. The molecule has 1 aliphatic heterocycles. The number of nitrogens with one attached hydrogen (secondary N) is 3. The Hall–Kier alpha value is -2.33. The number of aliphatic hydroxyl groups excluding tert-OH is 1. The molecular weight excluding hydrogens is 329 g/mol. The fourth-order valence-corrected chi connectivity index (χ4v) is 2.05. The molecular formula is C14H17F3N4O3. The molecule has 0 radical (unpaired) electrons. The Bertz CT molecular complexity index is 632. The van der Waals surface area contributed by atoms with Gasteiger partial charge in [0.25, 0.3) is 0 Å². The Balaban J connectivity index is 2.18. The predicted octanol–water partition coefficient (Wildman–Crippen LogP) is 1.49. The highest BCUT2D eigenvalue weighted by molar-refractivity contribution is 6.04. The summed E-state index contributed by atoms with van der Waals surface area (Å²) in [5, 5.41) is 18.1. The summed E-state index contributed by atoms with van der Waals surface area (Å²) in [6.45, 7) is 1.81. The molecule has 1 aliphatic rings. The van der Waals surface area contributed by atoms with Crippen molar-refractivity contribution in [2.45, 2.75) is 19.3 Å². The fourth-order valence-electron chi connectivity index (χ4n) is 2.05. The van der Waals surface area contributed by atoms with Crippen LogP contribution in [-0.2, 0) is 10.9 Å². The quantitative estimate of drug-likeness (QED) is 0.462. The molecule has 10 heteroatoms. The maximum atomic E-state index is 13.3. The highest BCUT2D eigenvalue weighted by Crippen LogP contribution is 2.35. The average molecular weight is 346 g/mol. The van der Waals surface area contributed by atoms with Crippen LogP contribution in [0.25, 0.3) is 0 Å². The second-order valence-corrected chi connectivity index (χ2v) is 5.06. The number of aliphatic hydroxyl groups is 1. The fraction of sp³-hybridized carbons (Fsp3) is 0.429. The number of hydrogen-bond donors (Lipinski definition) is 4. The van der Waals surface area contributed by atoms with E-state index in [1.165, 1.54) is 19.1 Å². The third kappa shape index (κ3) is 4.83. The van der Waals surface area contributed by atoms with Gasteiger partial charge in [0, 0.05) is 24.3 Å². The van der Waals surface area contributed by atoms with Gasteiger partial charge in [-0.3, -0.25) is 5.32 Å². The Kier molecular flexibility index (Phi) is 5.62. The number of benzene rings is 1. The van der Waals surface area contributed by atoms with E-state index in [2.05, 4.69) is 21.2 Å². The maximum absolute atomic E-state index is 13.3. The first-order valence-corrected chi connectivity index (χ1v) is 7.13. The van der Waals surface area contributed by atoms with Crippen molar-refractivity contribution < 1.29 is 27.8 Å². The molecule has 24 heavy (non-hydrogen) atoms. The average Bonchev–Trinajstić information content (AvgIpc) is 2.51. The number of amides is 1. The minimum absolute atomic E-state index is 0.0833. The minimum Gasteiger partial charge on any atom is -0.442 e. The molecule has 0 fully saturated rings. The zero-order chi connectivity index (χ0) is 17.7. The Labute approximate surface area is 135 Å². The Morgan fingerprint density at radius 3 is 2.75 bits per heavy atom. The zero-order valence-electron chi connectivity index (χ0n) is 12.8. The van der Waals surface area contributed by atoms with E-state index >= 15 is 0 Å². The molecule has 1 heterocycles. The third-order valence-electron chi connectivity index (χ3n) is 3.16. The molecule has 0 bridgehead atoms. The first-order chi connectivity index (χ1) is 11.3. The zero-order valence-corrected chi connectivity index (χ0v) is 12.8. The van der Waals surface area contributed by atoms with E-state index < -0.39 is 24.1 Å². The lowest BCUT2D eigenvalue weighted by Crippen LogP contribution is -2.31. The summed E-state index contributed by atoms with van der Waals surface area (Å²) in [6.07, 6.45) is -6.05. The first-order valence-electron chi connectivity index (χ1n) is 7.13. The molecule has 0 saturated carbocycles. The van der Waals surface area contributed by atoms with E-state index in [4.69, 9.17) is 9.84 Å². The molecule has 132 valence electrons. The molecule has 2 rings (SSSR count). The molecule has 7 nitrogen and oxygen atoms in total. The van der Waals surface area contributed by atoms with Crippen LogP contribution in [0.4, 0.5) is 23.7 Å². The smallest absolute Gasteiger partial charge is 0.428 e. The molecule has 0 saturated heterocycles. The first kappa shape index (κ1) is 18.0. The van der Waals surface area contributed by atoms with Crippen molar-refractivity contribution in [2.75, 3.05) is 25.0 Å². The summed E-state index contributed by atoms with van der Waals surface area (Å²) in [6, 6.07) is 3.70. The maximum Gasteiger partial charge on any atom is 0.428 e. The van der Waals surface area contributed by atoms with Crippen molar-refractivity contribution in [3.05, 3.63) is 29.3 Å². The van der Waals surface area contributed by atoms with Crippen LogP contribution in [0.2, 0.25) is 0 Å². The van der Waals surface area contributed by atoms with Crippen molar-refractivity contribution in [3.8, 4) is 0 Å². The molecule has 4 N–H and O–H groups in total. The van der Waals surface area contributed by atoms with E-state index in [9.17, 15) is 18.0 Å². The molecule has 1 aromatic carbocycles. The third-order valence-corrected chi connectivity index (χ3v) is 3.16. The number of ether oxygens (including phenoxy) is 1. The number of anilines is 1. The van der Waals surface area contributed by atoms with Gasteiger partial charge < -0.3 is 15.2 Å². The van der Waals surface area contributed by atoms with E-state index in [1.54, 1.807) is 0 Å². The van der Waals surface area contributed by atoms with Gasteiger partial charge in [0.2, 0.25) is 0 Å². The summed E-state index contributed by atoms with van der Waals surface area (Å²) < 4.78 is 44.5. The summed E-state index contributed by atoms with van der Waals surface area (Å²) in [4.78, 5) is 10.9. The molecule has 1 atom stereocenters. The van der Waals surface area contributed by atoms with E-state index in [-0.39, 0.29) is 30.1 Å². The SMILES string of the molecule is CC(O)NCCNc1ccc(C2=NNC(=O)OC2)cc1C(F)(F)F. The van der Waals surface area contributed by atoms with Crippen LogP contribution in [0, 0.1) is 0 Å². The van der Waals surface area contributed by atoms with Crippen LogP contribution < -0.4 is 16.1 Å². The van der Waals surface area contributed by atoms with Crippen molar-refractivity contribution in [2.24, 2.45) is 5.10 Å². The van der Waals surface area contributed by atoms with E-state index in [0.717, 1.165) is 6.07 Å². The van der Waals surface area contributed by atoms with Gasteiger partial charge in [-0.1, -0.05) is 6.07 Å². The Morgan fingerprint density at radius 2 is 2.17 bits per heavy atom. The number of alkyl halides is 3. The highest BCUT2D eigenvalue weighted by atomic mass is 19.4. The summed E-state index contributed by atoms with van der Waals surface area (Å²) in [7, 11) is 0. The van der Waals surface area contributed by atoms with Gasteiger partial charge in [0.1, 0.15) is 18.5 Å². The minimum atomic E-state index is -4.56. The second-order valence-electron chi connectivity index (χ2n) is 5.06. The number of hydrogen-bond acceptors (Lipinski definition) is 6. The van der Waals surface area contributed by atoms with E-state index in [1.807, 2.05) is 0 Å². The number of rotatable bonds is 6. The van der Waals surface area contributed by atoms with Gasteiger partial charge in [0.15, 0.2) is 0 Å². The molecule has 1 amide bonds.